The molecule has 4 saturated heterocycles. The van der Waals surface area contributed by atoms with Crippen LogP contribution in [-0.4, -0.2) is 68.6 Å². The van der Waals surface area contributed by atoms with Crippen molar-refractivity contribution in [2.75, 3.05) is 13.1 Å². The molecule has 4 fully saturated rings. The van der Waals surface area contributed by atoms with Crippen LogP contribution in [0.5, 0.6) is 0 Å². The van der Waals surface area contributed by atoms with E-state index in [1.54, 1.807) is 13.8 Å². The van der Waals surface area contributed by atoms with Gasteiger partial charge in [-0.3, -0.25) is 29.0 Å². The van der Waals surface area contributed by atoms with Gasteiger partial charge in [0.1, 0.15) is 12.1 Å². The lowest BCUT2D eigenvalue weighted by atomic mass is 9.84. The Labute approximate surface area is 197 Å². The molecule has 0 aromatic heterocycles. The molecule has 34 heavy (non-hydrogen) atoms. The van der Waals surface area contributed by atoms with E-state index < -0.39 is 36.0 Å². The molecular formula is C26H26N4O4. The molecule has 8 nitrogen and oxygen atoms in total. The highest BCUT2D eigenvalue weighted by Crippen LogP contribution is 2.58. The number of benzene rings is 2. The number of rotatable bonds is 4. The molecule has 0 spiro atoms. The Bertz CT molecular complexity index is 1090. The van der Waals surface area contributed by atoms with Gasteiger partial charge >= 0.3 is 0 Å². The van der Waals surface area contributed by atoms with Crippen molar-refractivity contribution in [1.29, 1.82) is 0 Å². The maximum atomic E-state index is 13.6. The van der Waals surface area contributed by atoms with Crippen LogP contribution in [0.2, 0.25) is 0 Å². The highest BCUT2D eigenvalue weighted by Gasteiger charge is 2.73. The van der Waals surface area contributed by atoms with Crippen LogP contribution in [0.15, 0.2) is 60.7 Å². The Balaban J connectivity index is 1.59. The minimum absolute atomic E-state index is 0.215. The van der Waals surface area contributed by atoms with E-state index in [4.69, 9.17) is 0 Å². The highest BCUT2D eigenvalue weighted by molar-refractivity contribution is 6.10. The van der Waals surface area contributed by atoms with Crippen LogP contribution in [0.4, 0.5) is 0 Å². The summed E-state index contributed by atoms with van der Waals surface area (Å²) in [5.41, 5.74) is 1.73. The average molecular weight is 459 g/mol. The third kappa shape index (κ3) is 2.55. The summed E-state index contributed by atoms with van der Waals surface area (Å²) in [6.07, 6.45) is 0. The van der Waals surface area contributed by atoms with Crippen LogP contribution in [0.3, 0.4) is 0 Å². The van der Waals surface area contributed by atoms with Crippen LogP contribution < -0.4 is 0 Å². The van der Waals surface area contributed by atoms with Crippen LogP contribution in [-0.2, 0) is 19.2 Å². The van der Waals surface area contributed by atoms with Gasteiger partial charge in [0, 0.05) is 13.1 Å². The topological polar surface area (TPSA) is 81.2 Å². The van der Waals surface area contributed by atoms with Gasteiger partial charge in [-0.05, 0) is 25.0 Å². The molecule has 6 rings (SSSR count). The number of imide groups is 2. The van der Waals surface area contributed by atoms with Crippen molar-refractivity contribution in [3.05, 3.63) is 71.8 Å². The summed E-state index contributed by atoms with van der Waals surface area (Å²) in [6, 6.07) is 16.6. The molecule has 6 atom stereocenters. The van der Waals surface area contributed by atoms with Gasteiger partial charge in [0.05, 0.1) is 23.9 Å². The standard InChI is InChI=1S/C26H26N4O4/c1-3-27-23(31)17-19(15-11-7-5-8-12-15)30-22-18(24(32)28(4-2)26(22)34)20(16-13-9-6-10-14-16)29(30)21(17)25(27)33/h5-14,17-22H,3-4H2,1-2H3/t17-,18+,19-,20-,21-,22+/m0/s1. The third-order valence-electron chi connectivity index (χ3n) is 7.82. The van der Waals surface area contributed by atoms with E-state index in [2.05, 4.69) is 0 Å². The predicted molar refractivity (Wildman–Crippen MR) is 121 cm³/mol. The van der Waals surface area contributed by atoms with Gasteiger partial charge in [-0.25, -0.2) is 10.0 Å². The van der Waals surface area contributed by atoms with Crippen molar-refractivity contribution in [3.63, 3.8) is 0 Å². The molecule has 8 heteroatoms. The minimum Gasteiger partial charge on any atom is -0.281 e. The van der Waals surface area contributed by atoms with Gasteiger partial charge < -0.3 is 0 Å². The van der Waals surface area contributed by atoms with Crippen molar-refractivity contribution < 1.29 is 19.2 Å². The van der Waals surface area contributed by atoms with Gasteiger partial charge in [-0.1, -0.05) is 60.7 Å². The van der Waals surface area contributed by atoms with E-state index in [0.717, 1.165) is 11.1 Å². The Kier molecular flexibility index (Phi) is 4.72. The number of fused-ring (bicyclic) bond motifs is 5. The molecule has 4 heterocycles. The lowest BCUT2D eigenvalue weighted by Crippen LogP contribution is -2.49. The van der Waals surface area contributed by atoms with E-state index in [1.165, 1.54) is 9.80 Å². The van der Waals surface area contributed by atoms with Gasteiger partial charge in [0.2, 0.25) is 23.6 Å². The van der Waals surface area contributed by atoms with E-state index in [1.807, 2.05) is 70.7 Å². The molecular weight excluding hydrogens is 432 g/mol. The Hall–Kier alpha value is -3.36. The first-order chi connectivity index (χ1) is 16.5. The van der Waals surface area contributed by atoms with E-state index in [0.29, 0.717) is 13.1 Å². The highest BCUT2D eigenvalue weighted by atomic mass is 16.2. The fourth-order valence-electron chi connectivity index (χ4n) is 6.54. The molecule has 0 bridgehead atoms. The molecule has 0 N–H and O–H groups in total. The normalized spacial score (nSPS) is 33.1. The summed E-state index contributed by atoms with van der Waals surface area (Å²) < 4.78 is 0. The van der Waals surface area contributed by atoms with Crippen molar-refractivity contribution in [2.45, 2.75) is 38.0 Å². The van der Waals surface area contributed by atoms with Crippen LogP contribution in [0.1, 0.15) is 37.1 Å². The van der Waals surface area contributed by atoms with Gasteiger partial charge in [0.25, 0.3) is 0 Å². The zero-order valence-corrected chi connectivity index (χ0v) is 19.1. The lowest BCUT2D eigenvalue weighted by Gasteiger charge is -2.35. The predicted octanol–water partition coefficient (Wildman–Crippen LogP) is 1.76. The van der Waals surface area contributed by atoms with Gasteiger partial charge in [0.15, 0.2) is 0 Å². The second-order valence-corrected chi connectivity index (χ2v) is 9.25. The number of hydrogen-bond acceptors (Lipinski definition) is 6. The quantitative estimate of drug-likeness (QED) is 0.650. The Morgan fingerprint density at radius 2 is 0.882 bits per heavy atom. The zero-order chi connectivity index (χ0) is 23.7. The maximum Gasteiger partial charge on any atom is 0.248 e. The number of likely N-dealkylation sites (N-methyl/N-ethyl adjacent to an activating group) is 2. The summed E-state index contributed by atoms with van der Waals surface area (Å²) >= 11 is 0. The van der Waals surface area contributed by atoms with Crippen molar-refractivity contribution >= 4 is 23.6 Å². The zero-order valence-electron chi connectivity index (χ0n) is 19.1. The SMILES string of the molecule is CCN1C(=O)[C@@H]2[C@@H](C1=O)N1[C@@H](c3ccccc3)[C@H]3C(=O)N(CC)C(=O)[C@@H]3N1[C@H]2c1ccccc1. The molecule has 4 aliphatic rings. The van der Waals surface area contributed by atoms with Crippen molar-refractivity contribution in [2.24, 2.45) is 11.8 Å². The molecule has 4 aliphatic heterocycles. The second kappa shape index (κ2) is 7.58. The van der Waals surface area contributed by atoms with Crippen molar-refractivity contribution in [3.8, 4) is 0 Å². The molecule has 0 saturated carbocycles. The molecule has 4 amide bonds. The van der Waals surface area contributed by atoms with Crippen LogP contribution in [0.25, 0.3) is 0 Å². The summed E-state index contributed by atoms with van der Waals surface area (Å²) in [5.74, 6) is -2.22. The number of hydrazine groups is 1. The second-order valence-electron chi connectivity index (χ2n) is 9.25. The van der Waals surface area contributed by atoms with Crippen LogP contribution in [0, 0.1) is 11.8 Å². The Morgan fingerprint density at radius 3 is 1.21 bits per heavy atom. The largest absolute Gasteiger partial charge is 0.281 e. The smallest absolute Gasteiger partial charge is 0.248 e. The van der Waals surface area contributed by atoms with Crippen molar-refractivity contribution in [1.82, 2.24) is 19.8 Å². The summed E-state index contributed by atoms with van der Waals surface area (Å²) in [4.78, 5) is 56.9. The molecule has 0 radical (unpaired) electrons. The monoisotopic (exact) mass is 458 g/mol. The third-order valence-corrected chi connectivity index (χ3v) is 7.82. The fraction of sp³-hybridized carbons (Fsp3) is 0.385. The lowest BCUT2D eigenvalue weighted by molar-refractivity contribution is -0.152. The molecule has 2 aromatic carbocycles. The van der Waals surface area contributed by atoms with E-state index in [9.17, 15) is 19.2 Å². The van der Waals surface area contributed by atoms with Gasteiger partial charge in [-0.2, -0.15) is 0 Å². The van der Waals surface area contributed by atoms with E-state index in [-0.39, 0.29) is 23.6 Å². The summed E-state index contributed by atoms with van der Waals surface area (Å²) in [5, 5.41) is 3.82. The molecule has 0 aliphatic carbocycles. The summed E-state index contributed by atoms with van der Waals surface area (Å²) in [6.45, 7) is 4.19. The molecule has 0 unspecified atom stereocenters. The minimum atomic E-state index is -0.746. The first kappa shape index (κ1) is 21.2. The fourth-order valence-corrected chi connectivity index (χ4v) is 6.54. The first-order valence-corrected chi connectivity index (χ1v) is 11.9. The molecule has 174 valence electrons. The number of amides is 4. The maximum absolute atomic E-state index is 13.6. The van der Waals surface area contributed by atoms with Crippen LogP contribution >= 0.6 is 0 Å². The number of carbonyl (C=O) groups is 4. The average Bonchev–Trinajstić information content (AvgIpc) is 3.51. The number of nitrogens with zero attached hydrogens (tertiary/aromatic N) is 4. The van der Waals surface area contributed by atoms with E-state index >= 15 is 0 Å². The number of likely N-dealkylation sites (tertiary alicyclic amines) is 2. The number of carbonyl (C=O) groups excluding carboxylic acids is 4. The Morgan fingerprint density at radius 1 is 0.529 bits per heavy atom. The first-order valence-electron chi connectivity index (χ1n) is 11.9. The number of hydrogen-bond donors (Lipinski definition) is 0. The van der Waals surface area contributed by atoms with Gasteiger partial charge in [-0.15, -0.1) is 0 Å². The molecule has 2 aromatic rings. The summed E-state index contributed by atoms with van der Waals surface area (Å²) in [7, 11) is 0.